The van der Waals surface area contributed by atoms with E-state index in [4.69, 9.17) is 4.74 Å². The molecule has 4 aromatic rings. The molecule has 0 unspecified atom stereocenters. The highest BCUT2D eigenvalue weighted by atomic mass is 32.1. The maximum Gasteiger partial charge on any atom is 0.291 e. The molecule has 0 atom stereocenters. The fourth-order valence-electron chi connectivity index (χ4n) is 3.04. The van der Waals surface area contributed by atoms with Gasteiger partial charge in [-0.25, -0.2) is 0 Å². The Bertz CT molecular complexity index is 1260. The second kappa shape index (κ2) is 9.50. The zero-order chi connectivity index (χ0) is 20.8. The smallest absolute Gasteiger partial charge is 0.291 e. The Morgan fingerprint density at radius 2 is 1.87 bits per heavy atom. The van der Waals surface area contributed by atoms with Gasteiger partial charge in [-0.15, -0.1) is 5.10 Å². The SMILES string of the molecule is CCCCCOc1cccc(C=c2sc3nc(C=Cc4ccccc4)nn3c2=O)c1. The third-order valence-electron chi connectivity index (χ3n) is 4.60. The summed E-state index contributed by atoms with van der Waals surface area (Å²) in [4.78, 5) is 17.8. The van der Waals surface area contributed by atoms with Gasteiger partial charge in [0.25, 0.3) is 5.56 Å². The minimum Gasteiger partial charge on any atom is -0.494 e. The summed E-state index contributed by atoms with van der Waals surface area (Å²) in [6.45, 7) is 2.88. The summed E-state index contributed by atoms with van der Waals surface area (Å²) in [7, 11) is 0. The van der Waals surface area contributed by atoms with Gasteiger partial charge in [0, 0.05) is 0 Å². The molecule has 0 spiro atoms. The molecule has 2 aromatic carbocycles. The van der Waals surface area contributed by atoms with E-state index in [1.54, 1.807) is 0 Å². The first kappa shape index (κ1) is 20.0. The molecule has 6 heteroatoms. The molecule has 0 saturated heterocycles. The van der Waals surface area contributed by atoms with Gasteiger partial charge in [0.05, 0.1) is 11.1 Å². The molecule has 2 heterocycles. The Balaban J connectivity index is 1.54. The fourth-order valence-corrected chi connectivity index (χ4v) is 3.96. The van der Waals surface area contributed by atoms with Crippen LogP contribution >= 0.6 is 11.3 Å². The number of benzene rings is 2. The highest BCUT2D eigenvalue weighted by Crippen LogP contribution is 2.15. The summed E-state index contributed by atoms with van der Waals surface area (Å²) in [5, 5.41) is 4.34. The third kappa shape index (κ3) is 4.83. The van der Waals surface area contributed by atoms with Gasteiger partial charge < -0.3 is 4.74 Å². The minimum absolute atomic E-state index is 0.156. The molecule has 30 heavy (non-hydrogen) atoms. The van der Waals surface area contributed by atoms with Gasteiger partial charge in [0.2, 0.25) is 4.96 Å². The van der Waals surface area contributed by atoms with Crippen molar-refractivity contribution in [1.29, 1.82) is 0 Å². The minimum atomic E-state index is -0.156. The van der Waals surface area contributed by atoms with Crippen LogP contribution in [0.15, 0.2) is 59.4 Å². The van der Waals surface area contributed by atoms with Crippen LogP contribution in [0.25, 0.3) is 23.2 Å². The summed E-state index contributed by atoms with van der Waals surface area (Å²) in [6.07, 6.45) is 8.99. The third-order valence-corrected chi connectivity index (χ3v) is 5.55. The fraction of sp³-hybridized carbons (Fsp3) is 0.208. The molecule has 0 radical (unpaired) electrons. The molecule has 152 valence electrons. The highest BCUT2D eigenvalue weighted by molar-refractivity contribution is 7.15. The van der Waals surface area contributed by atoms with Crippen molar-refractivity contribution in [2.75, 3.05) is 6.61 Å². The lowest BCUT2D eigenvalue weighted by atomic mass is 10.2. The number of aromatic nitrogens is 3. The van der Waals surface area contributed by atoms with Crippen LogP contribution in [0.4, 0.5) is 0 Å². The van der Waals surface area contributed by atoms with Gasteiger partial charge in [-0.3, -0.25) is 4.79 Å². The standard InChI is InChI=1S/C24H23N3O2S/c1-2-3-7-15-29-20-12-8-11-19(16-20)17-21-23(28)27-24(30-21)25-22(26-27)14-13-18-9-5-4-6-10-18/h4-6,8-14,16-17H,2-3,7,15H2,1H3. The van der Waals surface area contributed by atoms with Crippen molar-refractivity contribution >= 4 is 34.5 Å². The van der Waals surface area contributed by atoms with Gasteiger partial charge >= 0.3 is 0 Å². The lowest BCUT2D eigenvalue weighted by Gasteiger charge is -2.06. The van der Waals surface area contributed by atoms with Crippen LogP contribution in [0, 0.1) is 0 Å². The second-order valence-corrected chi connectivity index (χ2v) is 7.96. The van der Waals surface area contributed by atoms with Crippen LogP contribution in [0.3, 0.4) is 0 Å². The Morgan fingerprint density at radius 3 is 2.67 bits per heavy atom. The van der Waals surface area contributed by atoms with Crippen molar-refractivity contribution < 1.29 is 4.74 Å². The largest absolute Gasteiger partial charge is 0.494 e. The first-order valence-corrected chi connectivity index (χ1v) is 10.9. The summed E-state index contributed by atoms with van der Waals surface area (Å²) in [5.74, 6) is 1.34. The topological polar surface area (TPSA) is 56.5 Å². The number of hydrogen-bond acceptors (Lipinski definition) is 5. The number of hydrogen-bond donors (Lipinski definition) is 0. The van der Waals surface area contributed by atoms with E-state index in [0.29, 0.717) is 21.9 Å². The Labute approximate surface area is 179 Å². The molecule has 0 saturated carbocycles. The van der Waals surface area contributed by atoms with Crippen LogP contribution in [0.2, 0.25) is 0 Å². The Morgan fingerprint density at radius 1 is 1.03 bits per heavy atom. The summed E-state index contributed by atoms with van der Waals surface area (Å²) in [5.41, 5.74) is 1.83. The van der Waals surface area contributed by atoms with Gasteiger partial charge in [-0.05, 0) is 41.8 Å². The first-order valence-electron chi connectivity index (χ1n) is 10.1. The van der Waals surface area contributed by atoms with Crippen LogP contribution in [0.1, 0.15) is 43.1 Å². The van der Waals surface area contributed by atoms with Gasteiger partial charge in [0.1, 0.15) is 5.75 Å². The van der Waals surface area contributed by atoms with E-state index in [9.17, 15) is 4.79 Å². The quantitative estimate of drug-likeness (QED) is 0.398. The molecular weight excluding hydrogens is 394 g/mol. The van der Waals surface area contributed by atoms with E-state index < -0.39 is 0 Å². The molecule has 5 nitrogen and oxygen atoms in total. The lowest BCUT2D eigenvalue weighted by molar-refractivity contribution is 0.306. The van der Waals surface area contributed by atoms with E-state index >= 15 is 0 Å². The average molecular weight is 418 g/mol. The number of unbranched alkanes of at least 4 members (excludes halogenated alkanes) is 2. The molecule has 0 aliphatic rings. The Hall–Kier alpha value is -3.25. The van der Waals surface area contributed by atoms with Gasteiger partial charge in [-0.2, -0.15) is 9.50 Å². The van der Waals surface area contributed by atoms with Crippen molar-refractivity contribution in [3.63, 3.8) is 0 Å². The summed E-state index contributed by atoms with van der Waals surface area (Å²) < 4.78 is 7.78. The normalized spacial score (nSPS) is 12.2. The molecular formula is C24H23N3O2S. The van der Waals surface area contributed by atoms with Crippen LogP contribution in [-0.4, -0.2) is 21.2 Å². The highest BCUT2D eigenvalue weighted by Gasteiger charge is 2.09. The number of thiazole rings is 1. The van der Waals surface area contributed by atoms with Gasteiger partial charge in [0.15, 0.2) is 5.82 Å². The predicted molar refractivity (Wildman–Crippen MR) is 123 cm³/mol. The monoisotopic (exact) mass is 417 g/mol. The first-order chi connectivity index (χ1) is 14.7. The van der Waals surface area contributed by atoms with Crippen molar-refractivity contribution in [1.82, 2.24) is 14.6 Å². The predicted octanol–water partition coefficient (Wildman–Crippen LogP) is 4.44. The molecule has 4 rings (SSSR count). The molecule has 0 fully saturated rings. The van der Waals surface area contributed by atoms with Crippen LogP contribution in [0.5, 0.6) is 5.75 Å². The van der Waals surface area contributed by atoms with Crippen molar-refractivity contribution in [2.45, 2.75) is 26.2 Å². The number of fused-ring (bicyclic) bond motifs is 1. The molecule has 0 amide bonds. The maximum atomic E-state index is 12.7. The zero-order valence-corrected chi connectivity index (χ0v) is 17.6. The molecule has 0 aliphatic carbocycles. The molecule has 0 aliphatic heterocycles. The van der Waals surface area contributed by atoms with Crippen molar-refractivity contribution in [3.05, 3.63) is 86.4 Å². The second-order valence-electron chi connectivity index (χ2n) is 6.95. The summed E-state index contributed by atoms with van der Waals surface area (Å²) >= 11 is 1.34. The average Bonchev–Trinajstić information content (AvgIpc) is 3.30. The van der Waals surface area contributed by atoms with E-state index in [1.807, 2.05) is 72.8 Å². The molecule has 2 aromatic heterocycles. The van der Waals surface area contributed by atoms with E-state index in [-0.39, 0.29) is 5.56 Å². The molecule has 0 bridgehead atoms. The van der Waals surface area contributed by atoms with Crippen molar-refractivity contribution in [3.8, 4) is 5.75 Å². The van der Waals surface area contributed by atoms with Crippen LogP contribution in [-0.2, 0) is 0 Å². The zero-order valence-electron chi connectivity index (χ0n) is 16.8. The van der Waals surface area contributed by atoms with Crippen molar-refractivity contribution in [2.24, 2.45) is 0 Å². The molecule has 0 N–H and O–H groups in total. The Kier molecular flexibility index (Phi) is 6.35. The van der Waals surface area contributed by atoms with E-state index in [0.717, 1.165) is 29.7 Å². The number of ether oxygens (including phenoxy) is 1. The lowest BCUT2D eigenvalue weighted by Crippen LogP contribution is -2.23. The summed E-state index contributed by atoms with van der Waals surface area (Å²) in [6, 6.07) is 17.7. The van der Waals surface area contributed by atoms with E-state index in [2.05, 4.69) is 17.0 Å². The van der Waals surface area contributed by atoms with E-state index in [1.165, 1.54) is 22.3 Å². The van der Waals surface area contributed by atoms with Gasteiger partial charge in [-0.1, -0.05) is 79.6 Å². The number of nitrogens with zero attached hydrogens (tertiary/aromatic N) is 3. The number of rotatable bonds is 8. The maximum absolute atomic E-state index is 12.7. The van der Waals surface area contributed by atoms with Crippen LogP contribution < -0.4 is 14.8 Å².